The molecule has 10 bridgehead atoms. The number of aliphatic hydroxyl groups is 1. The first-order valence-corrected chi connectivity index (χ1v) is 39.8. The van der Waals surface area contributed by atoms with E-state index in [9.17, 15) is 47.4 Å². The quantitative estimate of drug-likeness (QED) is 0.0584. The van der Waals surface area contributed by atoms with Crippen LogP contribution in [0.25, 0.3) is 21.5 Å². The van der Waals surface area contributed by atoms with Gasteiger partial charge < -0.3 is 76.8 Å². The lowest BCUT2D eigenvalue weighted by Gasteiger charge is -2.36. The number of rotatable bonds is 17. The molecule has 0 unspecified atom stereocenters. The number of aromatic nitrogens is 3. The summed E-state index contributed by atoms with van der Waals surface area (Å²) in [6, 6.07) is 25.4. The van der Waals surface area contributed by atoms with Crippen LogP contribution in [0.15, 0.2) is 152 Å². The number of carboxylic acid groups (broad SMARTS) is 1. The second-order valence-corrected chi connectivity index (χ2v) is 32.6. The molecule has 1 saturated carbocycles. The summed E-state index contributed by atoms with van der Waals surface area (Å²) in [6.45, 7) is 9.29. The van der Waals surface area contributed by atoms with Gasteiger partial charge in [0.15, 0.2) is 0 Å². The Bertz CT molecular complexity index is 4820. The Morgan fingerprint density at radius 1 is 0.605 bits per heavy atom. The Kier molecular flexibility index (Phi) is 27.3. The predicted octanol–water partition coefficient (Wildman–Crippen LogP) is 2.76. The van der Waals surface area contributed by atoms with Crippen molar-refractivity contribution in [3.8, 4) is 11.5 Å². The van der Waals surface area contributed by atoms with Gasteiger partial charge in [0, 0.05) is 51.6 Å². The molecule has 13 atom stereocenters. The van der Waals surface area contributed by atoms with Crippen molar-refractivity contribution in [3.05, 3.63) is 180 Å². The maximum Gasteiger partial charge on any atom is 0.326 e. The van der Waals surface area contributed by atoms with Crippen LogP contribution in [0.4, 0.5) is 0 Å². The molecule has 7 aromatic rings. The number of likely N-dealkylation sites (N-methyl/N-ethyl adjacent to an activating group) is 2. The van der Waals surface area contributed by atoms with Crippen LogP contribution in [-0.4, -0.2) is 221 Å². The zero-order chi connectivity index (χ0) is 81.7. The largest absolute Gasteiger partial charge is 0.490 e. The number of sulfonamides is 1. The number of nitrogens with zero attached hydrogens (tertiary/aromatic N) is 5. The van der Waals surface area contributed by atoms with E-state index in [1.807, 2.05) is 72.8 Å². The number of amides is 9. The molecule has 31 nitrogen and oxygen atoms in total. The van der Waals surface area contributed by atoms with E-state index in [0.717, 1.165) is 21.5 Å². The van der Waals surface area contributed by atoms with E-state index in [1.54, 1.807) is 128 Å². The minimum atomic E-state index is -4.19. The van der Waals surface area contributed by atoms with Crippen molar-refractivity contribution >= 4 is 90.7 Å². The highest BCUT2D eigenvalue weighted by molar-refractivity contribution is 7.91. The van der Waals surface area contributed by atoms with Crippen LogP contribution in [0.2, 0.25) is 0 Å². The number of carboxylic acids is 1. The molecule has 32 heteroatoms. The average molecular weight is 1590 g/mol. The zero-order valence-corrected chi connectivity index (χ0v) is 65.7. The monoisotopic (exact) mass is 1580 g/mol. The Labute approximate surface area is 660 Å². The Balaban J connectivity index is 0.918. The smallest absolute Gasteiger partial charge is 0.326 e. The van der Waals surface area contributed by atoms with E-state index < -0.39 is 158 Å². The highest BCUT2D eigenvalue weighted by Crippen LogP contribution is 2.33. The van der Waals surface area contributed by atoms with Gasteiger partial charge in [-0.15, -0.1) is 5.10 Å². The van der Waals surface area contributed by atoms with Gasteiger partial charge in [-0.2, -0.15) is 0 Å². The van der Waals surface area contributed by atoms with Crippen molar-refractivity contribution in [1.29, 1.82) is 0 Å². The van der Waals surface area contributed by atoms with E-state index in [2.05, 4.69) is 57.6 Å². The van der Waals surface area contributed by atoms with Gasteiger partial charge in [-0.25, -0.2) is 17.9 Å². The lowest BCUT2D eigenvalue weighted by atomic mass is 9.85. The van der Waals surface area contributed by atoms with Gasteiger partial charge in [0.05, 0.1) is 48.4 Å². The topological polar surface area (TPSA) is 418 Å². The van der Waals surface area contributed by atoms with Gasteiger partial charge >= 0.3 is 5.97 Å². The molecule has 6 aliphatic heterocycles. The van der Waals surface area contributed by atoms with E-state index in [0.29, 0.717) is 52.3 Å². The first-order valence-electron chi connectivity index (χ1n) is 38.2. The summed E-state index contributed by atoms with van der Waals surface area (Å²) >= 11 is 0. The number of carbonyl (C=O) groups excluding carboxylic acids is 9. The Hall–Kier alpha value is -11.2. The predicted molar refractivity (Wildman–Crippen MR) is 421 cm³/mol. The number of benzene rings is 6. The number of ether oxygens (including phenoxy) is 3. The number of nitrogens with one attached hydrogen (secondary N) is 9. The fourth-order valence-electron chi connectivity index (χ4n) is 14.0. The zero-order valence-electron chi connectivity index (χ0n) is 64.9. The number of likely N-dealkylation sites (tertiary alicyclic amines) is 2. The molecule has 3 fully saturated rings. The van der Waals surface area contributed by atoms with Crippen LogP contribution in [0, 0.1) is 5.41 Å². The van der Waals surface area contributed by atoms with Crippen molar-refractivity contribution in [2.75, 3.05) is 40.4 Å². The molecule has 11 N–H and O–H groups in total. The standard InChI is InChI=1S/C82H100N14O17S/c1-47(83-7)72(98)89-70(49(3)97)79(105)95-45-62-42-69(95)78(104)87-64(39-52-19-25-54-15-9-11-17-56(54)35-52)74(100)85-66(76(102)92-114(109,110)63-31-32-63)37-50-23-29-61(30-24-50)113-46-58-43-96(93-91-58)59-41-68(94(44-59)80(106)71(82(4,5)6)90-73(99)48(2)84-8)77(103)86-65(40-53-20-26-55-16-10-12-18-57(55)36-53)75(101)88-67(81(107)108)38-51-21-27-60(28-22-51)111-33-13-14-34-112-62/h9-30,35-36,43,47-49,59,62-71,83-84,97H,31-34,37-42,44-46H2,1-8H3,(H,85,100)(H,86,103)(H,87,104)(H,88,101)(H,89,98)(H,90,99)(H,92,102)(H,107,108)/b14-13+/t47-,48-,49+,59-,62-,64-,65-,66-,67-,68-,69-,70+,71+/m0/s1. The van der Waals surface area contributed by atoms with Crippen molar-refractivity contribution in [2.24, 2.45) is 5.41 Å². The van der Waals surface area contributed by atoms with Crippen LogP contribution in [0.1, 0.15) is 101 Å². The van der Waals surface area contributed by atoms with Crippen LogP contribution in [0.5, 0.6) is 11.5 Å². The summed E-state index contributed by atoms with van der Waals surface area (Å²) in [5.74, 6) is -7.54. The van der Waals surface area contributed by atoms with Crippen molar-refractivity contribution < 1.29 is 80.8 Å². The SMILES string of the molecule is CN[C@@H](C)C(=O)N[C@H](C(=O)N1C[C@@H]2C[C@H]1C(=O)N[C@@H](Cc1ccc3ccccc3c1)C(=O)N[C@H](C(=O)O)Cc1ccc(cc1)OC/C=C/CO[C@H]1C[C@@H](C(=O)N[C@@H](Cc3ccc4ccccc4c3)C(=O)N[C@H](C(=O)NS(=O)(=O)C3CC3)Cc3ccc(cc3)OCc3cn2nn3)N(C(=O)[C@H](NC(=O)[C@H](C)NC)[C@@H](C)O)C1)C(C)(C)C. The Morgan fingerprint density at radius 3 is 1.65 bits per heavy atom. The van der Waals surface area contributed by atoms with E-state index in [-0.39, 0.29) is 71.4 Å². The number of aliphatic carboxylic acids is 1. The van der Waals surface area contributed by atoms with Crippen LogP contribution in [-0.2, 0) is 95.0 Å². The maximum absolute atomic E-state index is 15.3. The first-order chi connectivity index (χ1) is 54.4. The number of hydrogen-bond donors (Lipinski definition) is 11. The van der Waals surface area contributed by atoms with Crippen LogP contribution in [0.3, 0.4) is 0 Å². The molecular formula is C82H100N14O17S. The molecule has 606 valence electrons. The number of fused-ring (bicyclic) bond motifs is 2. The second-order valence-electron chi connectivity index (χ2n) is 30.7. The number of carbonyl (C=O) groups is 10. The normalized spacial score (nSPS) is 22.8. The van der Waals surface area contributed by atoms with Gasteiger partial charge in [-0.3, -0.25) is 47.9 Å². The third kappa shape index (κ3) is 21.6. The van der Waals surface area contributed by atoms with Gasteiger partial charge in [0.2, 0.25) is 57.3 Å². The van der Waals surface area contributed by atoms with Gasteiger partial charge in [-0.1, -0.05) is 141 Å². The molecular weight excluding hydrogens is 1490 g/mol. The molecule has 14 rings (SSSR count). The molecule has 7 aliphatic rings. The number of hydrogen-bond acceptors (Lipinski definition) is 20. The van der Waals surface area contributed by atoms with Gasteiger partial charge in [0.25, 0.3) is 5.91 Å². The third-order valence-electron chi connectivity index (χ3n) is 21.0. The maximum atomic E-state index is 15.3. The van der Waals surface area contributed by atoms with Crippen molar-refractivity contribution in [1.82, 2.24) is 72.1 Å². The summed E-state index contributed by atoms with van der Waals surface area (Å²) in [5.41, 5.74) is 1.55. The summed E-state index contributed by atoms with van der Waals surface area (Å²) in [7, 11) is -1.05. The van der Waals surface area contributed by atoms with Gasteiger partial charge in [0.1, 0.15) is 78.7 Å². The molecule has 9 amide bonds. The molecule has 1 aliphatic carbocycles. The lowest BCUT2D eigenvalue weighted by molar-refractivity contribution is -0.145. The fraction of sp³-hybridized carbons (Fsp3) is 0.439. The summed E-state index contributed by atoms with van der Waals surface area (Å²) in [5, 5.41) is 55.6. The highest BCUT2D eigenvalue weighted by atomic mass is 32.2. The van der Waals surface area contributed by atoms with Crippen molar-refractivity contribution in [2.45, 2.75) is 183 Å². The summed E-state index contributed by atoms with van der Waals surface area (Å²) in [4.78, 5) is 148. The average Bonchev–Trinajstić information content (AvgIpc) is 1.64. The second kappa shape index (κ2) is 37.2. The van der Waals surface area contributed by atoms with Crippen LogP contribution < -0.4 is 56.7 Å². The minimum absolute atomic E-state index is 0.0151. The fourth-order valence-corrected chi connectivity index (χ4v) is 15.3. The van der Waals surface area contributed by atoms with Crippen LogP contribution >= 0.6 is 0 Å². The Morgan fingerprint density at radius 2 is 1.11 bits per heavy atom. The molecule has 0 spiro atoms. The molecule has 6 aromatic carbocycles. The molecule has 2 saturated heterocycles. The summed E-state index contributed by atoms with van der Waals surface area (Å²) in [6.07, 6.45) is 2.29. The number of aliphatic hydroxyl groups excluding tert-OH is 1. The van der Waals surface area contributed by atoms with E-state index >= 15 is 19.2 Å². The van der Waals surface area contributed by atoms with Gasteiger partial charge in [-0.05, 0) is 127 Å². The van der Waals surface area contributed by atoms with Crippen molar-refractivity contribution in [3.63, 3.8) is 0 Å². The molecule has 7 heterocycles. The molecule has 0 radical (unpaired) electrons. The van der Waals surface area contributed by atoms with E-state index in [4.69, 9.17) is 14.2 Å². The highest BCUT2D eigenvalue weighted by Gasteiger charge is 2.49. The lowest BCUT2D eigenvalue weighted by Crippen LogP contribution is -2.60. The minimum Gasteiger partial charge on any atom is -0.490 e. The molecule has 114 heavy (non-hydrogen) atoms. The first kappa shape index (κ1) is 83.7. The summed E-state index contributed by atoms with van der Waals surface area (Å²) < 4.78 is 49.1. The third-order valence-corrected chi connectivity index (χ3v) is 22.9. The van der Waals surface area contributed by atoms with E-state index in [1.165, 1.54) is 21.4 Å². The molecule has 1 aromatic heterocycles.